The fourth-order valence-corrected chi connectivity index (χ4v) is 3.62. The summed E-state index contributed by atoms with van der Waals surface area (Å²) in [5.74, 6) is 1.12. The Morgan fingerprint density at radius 2 is 1.69 bits per heavy atom. The number of para-hydroxylation sites is 1. The molecule has 1 saturated heterocycles. The van der Waals surface area contributed by atoms with Crippen LogP contribution in [0, 0.1) is 0 Å². The molecule has 0 atom stereocenters. The van der Waals surface area contributed by atoms with Gasteiger partial charge in [-0.15, -0.1) is 0 Å². The van der Waals surface area contributed by atoms with Gasteiger partial charge in [-0.3, -0.25) is 4.79 Å². The van der Waals surface area contributed by atoms with Gasteiger partial charge in [0.05, 0.1) is 6.61 Å². The van der Waals surface area contributed by atoms with Crippen molar-refractivity contribution in [3.05, 3.63) is 54.6 Å². The van der Waals surface area contributed by atoms with E-state index >= 15 is 0 Å². The molecule has 1 amide bonds. The molecular formula is C22H28N2O2. The monoisotopic (exact) mass is 352 g/mol. The van der Waals surface area contributed by atoms with Crippen LogP contribution in [0.5, 0.6) is 5.75 Å². The van der Waals surface area contributed by atoms with Crippen molar-refractivity contribution < 1.29 is 9.53 Å². The number of anilines is 2. The highest BCUT2D eigenvalue weighted by Crippen LogP contribution is 2.28. The van der Waals surface area contributed by atoms with Gasteiger partial charge < -0.3 is 14.5 Å². The summed E-state index contributed by atoms with van der Waals surface area (Å²) in [6.07, 6.45) is 2.50. The molecule has 1 aliphatic rings. The van der Waals surface area contributed by atoms with Crippen LogP contribution in [-0.2, 0) is 4.79 Å². The van der Waals surface area contributed by atoms with Gasteiger partial charge in [-0.25, -0.2) is 0 Å². The SMILES string of the molecule is CCOc1ccc(N2CCC(N(C(=O)CC)c3ccccc3)CC2)cc1. The Bertz CT molecular complexity index is 692. The number of hydrogen-bond donors (Lipinski definition) is 0. The molecule has 0 spiro atoms. The molecule has 0 unspecified atom stereocenters. The van der Waals surface area contributed by atoms with E-state index < -0.39 is 0 Å². The largest absolute Gasteiger partial charge is 0.494 e. The number of nitrogens with zero attached hydrogens (tertiary/aromatic N) is 2. The minimum absolute atomic E-state index is 0.204. The summed E-state index contributed by atoms with van der Waals surface area (Å²) in [5, 5.41) is 0. The van der Waals surface area contributed by atoms with Gasteiger partial charge in [0.25, 0.3) is 0 Å². The number of ether oxygens (including phenoxy) is 1. The standard InChI is InChI=1S/C22H28N2O2/c1-3-22(25)24(19-8-6-5-7-9-19)20-14-16-23(17-15-20)18-10-12-21(13-11-18)26-4-2/h5-13,20H,3-4,14-17H2,1-2H3. The van der Waals surface area contributed by atoms with Crippen molar-refractivity contribution in [1.29, 1.82) is 0 Å². The Kier molecular flexibility index (Phi) is 6.16. The maximum absolute atomic E-state index is 12.6. The number of rotatable bonds is 6. The second-order valence-corrected chi connectivity index (χ2v) is 6.60. The van der Waals surface area contributed by atoms with Gasteiger partial charge in [0, 0.05) is 36.9 Å². The molecule has 3 rings (SSSR count). The summed E-state index contributed by atoms with van der Waals surface area (Å²) in [5.41, 5.74) is 2.24. The third-order valence-corrected chi connectivity index (χ3v) is 4.95. The molecule has 1 aliphatic heterocycles. The highest BCUT2D eigenvalue weighted by atomic mass is 16.5. The zero-order valence-electron chi connectivity index (χ0n) is 15.7. The number of benzene rings is 2. The lowest BCUT2D eigenvalue weighted by molar-refractivity contribution is -0.118. The van der Waals surface area contributed by atoms with Gasteiger partial charge >= 0.3 is 0 Å². The minimum atomic E-state index is 0.204. The van der Waals surface area contributed by atoms with E-state index in [0.29, 0.717) is 13.0 Å². The molecular weight excluding hydrogens is 324 g/mol. The molecule has 1 fully saturated rings. The first-order valence-corrected chi connectivity index (χ1v) is 9.57. The van der Waals surface area contributed by atoms with E-state index in [1.54, 1.807) is 0 Å². The van der Waals surface area contributed by atoms with Gasteiger partial charge in [-0.1, -0.05) is 25.1 Å². The van der Waals surface area contributed by atoms with Crippen LogP contribution in [0.15, 0.2) is 54.6 Å². The quantitative estimate of drug-likeness (QED) is 0.767. The molecule has 0 saturated carbocycles. The van der Waals surface area contributed by atoms with Crippen molar-refractivity contribution in [1.82, 2.24) is 0 Å². The van der Waals surface area contributed by atoms with Crippen molar-refractivity contribution in [2.45, 2.75) is 39.2 Å². The first-order valence-electron chi connectivity index (χ1n) is 9.57. The van der Waals surface area contributed by atoms with E-state index in [9.17, 15) is 4.79 Å². The number of carbonyl (C=O) groups excluding carboxylic acids is 1. The molecule has 0 N–H and O–H groups in total. The van der Waals surface area contributed by atoms with Crippen LogP contribution in [0.1, 0.15) is 33.1 Å². The van der Waals surface area contributed by atoms with Crippen LogP contribution in [0.3, 0.4) is 0 Å². The summed E-state index contributed by atoms with van der Waals surface area (Å²) in [6, 6.07) is 18.6. The molecule has 4 nitrogen and oxygen atoms in total. The first kappa shape index (κ1) is 18.3. The molecule has 1 heterocycles. The molecule has 138 valence electrons. The van der Waals surface area contributed by atoms with E-state index in [-0.39, 0.29) is 11.9 Å². The van der Waals surface area contributed by atoms with Gasteiger partial charge in [0.2, 0.25) is 5.91 Å². The van der Waals surface area contributed by atoms with Gasteiger partial charge in [0.1, 0.15) is 5.75 Å². The van der Waals surface area contributed by atoms with Crippen LogP contribution in [-0.4, -0.2) is 31.6 Å². The van der Waals surface area contributed by atoms with Crippen molar-refractivity contribution >= 4 is 17.3 Å². The zero-order chi connectivity index (χ0) is 18.4. The summed E-state index contributed by atoms with van der Waals surface area (Å²) in [4.78, 5) is 17.0. The molecule has 0 aromatic heterocycles. The van der Waals surface area contributed by atoms with Crippen molar-refractivity contribution in [2.75, 3.05) is 29.5 Å². The number of piperidine rings is 1. The topological polar surface area (TPSA) is 32.8 Å². The van der Waals surface area contributed by atoms with Crippen molar-refractivity contribution in [3.8, 4) is 5.75 Å². The van der Waals surface area contributed by atoms with Crippen LogP contribution in [0.2, 0.25) is 0 Å². The highest BCUT2D eigenvalue weighted by Gasteiger charge is 2.28. The fraction of sp³-hybridized carbons (Fsp3) is 0.409. The van der Waals surface area contributed by atoms with E-state index in [4.69, 9.17) is 4.74 Å². The second-order valence-electron chi connectivity index (χ2n) is 6.60. The van der Waals surface area contributed by atoms with Crippen LogP contribution >= 0.6 is 0 Å². The predicted octanol–water partition coefficient (Wildman–Crippen LogP) is 4.50. The summed E-state index contributed by atoms with van der Waals surface area (Å²) < 4.78 is 5.52. The zero-order valence-corrected chi connectivity index (χ0v) is 15.7. The van der Waals surface area contributed by atoms with Crippen molar-refractivity contribution in [3.63, 3.8) is 0 Å². The van der Waals surface area contributed by atoms with Gasteiger partial charge in [-0.05, 0) is 56.2 Å². The average Bonchev–Trinajstić information content (AvgIpc) is 2.70. The van der Waals surface area contributed by atoms with Gasteiger partial charge in [-0.2, -0.15) is 0 Å². The Labute approximate surface area is 156 Å². The third-order valence-electron chi connectivity index (χ3n) is 4.95. The third kappa shape index (κ3) is 4.18. The predicted molar refractivity (Wildman–Crippen MR) is 107 cm³/mol. The van der Waals surface area contributed by atoms with Gasteiger partial charge in [0.15, 0.2) is 0 Å². The molecule has 26 heavy (non-hydrogen) atoms. The normalized spacial score (nSPS) is 14.9. The average molecular weight is 352 g/mol. The molecule has 2 aromatic rings. The Morgan fingerprint density at radius 1 is 1.04 bits per heavy atom. The number of hydrogen-bond acceptors (Lipinski definition) is 3. The maximum atomic E-state index is 12.6. The number of carbonyl (C=O) groups is 1. The Balaban J connectivity index is 1.67. The lowest BCUT2D eigenvalue weighted by Crippen LogP contribution is -2.47. The summed E-state index contributed by atoms with van der Waals surface area (Å²) in [6.45, 7) is 6.53. The summed E-state index contributed by atoms with van der Waals surface area (Å²) in [7, 11) is 0. The number of amides is 1. The molecule has 0 radical (unpaired) electrons. The summed E-state index contributed by atoms with van der Waals surface area (Å²) >= 11 is 0. The highest BCUT2D eigenvalue weighted by molar-refractivity contribution is 5.93. The lowest BCUT2D eigenvalue weighted by atomic mass is 10.0. The molecule has 2 aromatic carbocycles. The van der Waals surface area contributed by atoms with Crippen LogP contribution < -0.4 is 14.5 Å². The maximum Gasteiger partial charge on any atom is 0.226 e. The van der Waals surface area contributed by atoms with Crippen LogP contribution in [0.4, 0.5) is 11.4 Å². The fourth-order valence-electron chi connectivity index (χ4n) is 3.62. The Morgan fingerprint density at radius 3 is 2.27 bits per heavy atom. The first-order chi connectivity index (χ1) is 12.7. The lowest BCUT2D eigenvalue weighted by Gasteiger charge is -2.39. The van der Waals surface area contributed by atoms with E-state index in [1.165, 1.54) is 5.69 Å². The molecule has 0 aliphatic carbocycles. The van der Waals surface area contributed by atoms with E-state index in [0.717, 1.165) is 37.4 Å². The van der Waals surface area contributed by atoms with E-state index in [2.05, 4.69) is 17.0 Å². The molecule has 4 heteroatoms. The Hall–Kier alpha value is -2.49. The second kappa shape index (κ2) is 8.75. The smallest absolute Gasteiger partial charge is 0.226 e. The van der Waals surface area contributed by atoms with E-state index in [1.807, 2.05) is 61.2 Å². The molecule has 0 bridgehead atoms. The van der Waals surface area contributed by atoms with Crippen LogP contribution in [0.25, 0.3) is 0 Å². The minimum Gasteiger partial charge on any atom is -0.494 e. The van der Waals surface area contributed by atoms with Crippen molar-refractivity contribution in [2.24, 2.45) is 0 Å².